The van der Waals surface area contributed by atoms with Crippen LogP contribution in [0.4, 0.5) is 0 Å². The van der Waals surface area contributed by atoms with Gasteiger partial charge in [0.1, 0.15) is 0 Å². The van der Waals surface area contributed by atoms with Crippen molar-refractivity contribution < 1.29 is 4.79 Å². The zero-order chi connectivity index (χ0) is 13.7. The summed E-state index contributed by atoms with van der Waals surface area (Å²) in [7, 11) is 0. The summed E-state index contributed by atoms with van der Waals surface area (Å²) in [4.78, 5) is 14.6. The van der Waals surface area contributed by atoms with Crippen molar-refractivity contribution in [3.63, 3.8) is 0 Å². The summed E-state index contributed by atoms with van der Waals surface area (Å²) in [5.74, 6) is -0.0803. The van der Waals surface area contributed by atoms with Gasteiger partial charge in [-0.1, -0.05) is 30.7 Å². The van der Waals surface area contributed by atoms with Gasteiger partial charge in [-0.2, -0.15) is 0 Å². The average molecular weight is 281 g/mol. The molecule has 0 unspecified atom stereocenters. The van der Waals surface area contributed by atoms with Crippen molar-refractivity contribution in [2.24, 2.45) is 0 Å². The molecule has 1 aromatic carbocycles. The summed E-state index contributed by atoms with van der Waals surface area (Å²) in [6.45, 7) is 5.17. The number of carbonyl (C=O) groups excluding carboxylic acids is 1. The summed E-state index contributed by atoms with van der Waals surface area (Å²) in [5, 5.41) is 3.51. The van der Waals surface area contributed by atoms with Crippen LogP contribution in [0.25, 0.3) is 0 Å². The highest BCUT2D eigenvalue weighted by Gasteiger charge is 2.21. The van der Waals surface area contributed by atoms with E-state index in [0.717, 1.165) is 19.5 Å². The molecule has 19 heavy (non-hydrogen) atoms. The zero-order valence-corrected chi connectivity index (χ0v) is 12.1. The van der Waals surface area contributed by atoms with Gasteiger partial charge in [-0.05, 0) is 44.5 Å². The topological polar surface area (TPSA) is 32.3 Å². The van der Waals surface area contributed by atoms with Crippen molar-refractivity contribution in [1.82, 2.24) is 10.2 Å². The Morgan fingerprint density at radius 2 is 2.05 bits per heavy atom. The molecule has 0 aliphatic carbocycles. The molecule has 1 fully saturated rings. The molecule has 1 saturated heterocycles. The lowest BCUT2D eigenvalue weighted by molar-refractivity contribution is 0.0937. The van der Waals surface area contributed by atoms with Gasteiger partial charge in [0.15, 0.2) is 0 Å². The van der Waals surface area contributed by atoms with Crippen molar-refractivity contribution in [2.75, 3.05) is 19.6 Å². The Bertz CT molecular complexity index is 430. The molecule has 1 amide bonds. The molecule has 1 aliphatic heterocycles. The molecule has 0 bridgehead atoms. The van der Waals surface area contributed by atoms with Crippen LogP contribution in [0.1, 0.15) is 36.5 Å². The van der Waals surface area contributed by atoms with Gasteiger partial charge in [0, 0.05) is 12.6 Å². The molecule has 1 heterocycles. The summed E-state index contributed by atoms with van der Waals surface area (Å²) >= 11 is 6.02. The van der Waals surface area contributed by atoms with Crippen molar-refractivity contribution in [3.8, 4) is 0 Å². The molecule has 0 saturated carbocycles. The fourth-order valence-corrected chi connectivity index (χ4v) is 2.81. The van der Waals surface area contributed by atoms with Gasteiger partial charge in [0.05, 0.1) is 10.6 Å². The Hall–Kier alpha value is -1.06. The van der Waals surface area contributed by atoms with Crippen molar-refractivity contribution in [2.45, 2.75) is 32.2 Å². The summed E-state index contributed by atoms with van der Waals surface area (Å²) in [6.07, 6.45) is 3.60. The fraction of sp³-hybridized carbons (Fsp3) is 0.533. The summed E-state index contributed by atoms with van der Waals surface area (Å²) < 4.78 is 0. The fourth-order valence-electron chi connectivity index (χ4n) is 2.59. The molecule has 1 aliphatic rings. The molecule has 1 atom stereocenters. The van der Waals surface area contributed by atoms with E-state index in [0.29, 0.717) is 23.2 Å². The van der Waals surface area contributed by atoms with Crippen LogP contribution >= 0.6 is 11.6 Å². The Morgan fingerprint density at radius 1 is 1.37 bits per heavy atom. The number of nitrogens with zero attached hydrogens (tertiary/aromatic N) is 1. The second-order valence-electron chi connectivity index (χ2n) is 5.00. The predicted molar refractivity (Wildman–Crippen MR) is 78.7 cm³/mol. The van der Waals surface area contributed by atoms with Gasteiger partial charge in [-0.3, -0.25) is 9.69 Å². The predicted octanol–water partition coefficient (Wildman–Crippen LogP) is 2.94. The molecule has 1 aromatic rings. The number of rotatable bonds is 5. The molecule has 4 heteroatoms. The minimum atomic E-state index is -0.0803. The second-order valence-corrected chi connectivity index (χ2v) is 5.40. The first-order valence-electron chi connectivity index (χ1n) is 6.99. The molecule has 0 radical (unpaired) electrons. The van der Waals surface area contributed by atoms with Crippen LogP contribution in [0.3, 0.4) is 0 Å². The number of halogens is 1. The first-order valence-corrected chi connectivity index (χ1v) is 7.37. The summed E-state index contributed by atoms with van der Waals surface area (Å²) in [6, 6.07) is 7.60. The highest BCUT2D eigenvalue weighted by Crippen LogP contribution is 2.16. The van der Waals surface area contributed by atoms with Gasteiger partial charge >= 0.3 is 0 Å². The zero-order valence-electron chi connectivity index (χ0n) is 11.4. The number of nitrogens with one attached hydrogen (secondary N) is 1. The summed E-state index contributed by atoms with van der Waals surface area (Å²) in [5.41, 5.74) is 0.556. The third-order valence-corrected chi connectivity index (χ3v) is 4.07. The number of likely N-dealkylation sites (tertiary alicyclic amines) is 1. The third kappa shape index (κ3) is 3.71. The maximum absolute atomic E-state index is 12.1. The molecular weight excluding hydrogens is 260 g/mol. The molecule has 2 rings (SSSR count). The van der Waals surface area contributed by atoms with Gasteiger partial charge in [-0.25, -0.2) is 0 Å². The van der Waals surface area contributed by atoms with Gasteiger partial charge in [0.25, 0.3) is 5.91 Å². The standard InChI is InChI=1S/C15H21ClN2O/c1-2-12(18-9-5-6-10-18)11-17-15(19)13-7-3-4-8-14(13)16/h3-4,7-8,12H,2,5-6,9-11H2,1H3,(H,17,19)/t12-/m1/s1. The highest BCUT2D eigenvalue weighted by atomic mass is 35.5. The molecule has 3 nitrogen and oxygen atoms in total. The minimum Gasteiger partial charge on any atom is -0.350 e. The first kappa shape index (κ1) is 14.4. The normalized spacial score (nSPS) is 17.4. The lowest BCUT2D eigenvalue weighted by Crippen LogP contribution is -2.42. The van der Waals surface area contributed by atoms with E-state index in [1.165, 1.54) is 12.8 Å². The van der Waals surface area contributed by atoms with Crippen molar-refractivity contribution >= 4 is 17.5 Å². The van der Waals surface area contributed by atoms with E-state index in [1.54, 1.807) is 12.1 Å². The van der Waals surface area contributed by atoms with E-state index in [9.17, 15) is 4.79 Å². The van der Waals surface area contributed by atoms with E-state index in [4.69, 9.17) is 11.6 Å². The smallest absolute Gasteiger partial charge is 0.252 e. The molecule has 1 N–H and O–H groups in total. The van der Waals surface area contributed by atoms with E-state index in [-0.39, 0.29) is 5.91 Å². The van der Waals surface area contributed by atoms with E-state index in [2.05, 4.69) is 17.1 Å². The van der Waals surface area contributed by atoms with Gasteiger partial charge in [-0.15, -0.1) is 0 Å². The highest BCUT2D eigenvalue weighted by molar-refractivity contribution is 6.33. The van der Waals surface area contributed by atoms with E-state index >= 15 is 0 Å². The number of carbonyl (C=O) groups is 1. The number of hydrogen-bond acceptors (Lipinski definition) is 2. The van der Waals surface area contributed by atoms with Crippen LogP contribution in [0, 0.1) is 0 Å². The van der Waals surface area contributed by atoms with Gasteiger partial charge < -0.3 is 5.32 Å². The maximum Gasteiger partial charge on any atom is 0.252 e. The quantitative estimate of drug-likeness (QED) is 0.899. The van der Waals surface area contributed by atoms with Gasteiger partial charge in [0.2, 0.25) is 0 Å². The SMILES string of the molecule is CC[C@H](CNC(=O)c1ccccc1Cl)N1CCCC1. The van der Waals surface area contributed by atoms with E-state index < -0.39 is 0 Å². The lowest BCUT2D eigenvalue weighted by Gasteiger charge is -2.26. The minimum absolute atomic E-state index is 0.0803. The first-order chi connectivity index (χ1) is 9.22. The maximum atomic E-state index is 12.1. The Kier molecular flexibility index (Phi) is 5.23. The molecule has 104 valence electrons. The van der Waals surface area contributed by atoms with Crippen LogP contribution in [-0.2, 0) is 0 Å². The lowest BCUT2D eigenvalue weighted by atomic mass is 10.1. The van der Waals surface area contributed by atoms with Crippen molar-refractivity contribution in [1.29, 1.82) is 0 Å². The number of hydrogen-bond donors (Lipinski definition) is 1. The number of benzene rings is 1. The van der Waals surface area contributed by atoms with Crippen LogP contribution in [0.15, 0.2) is 24.3 Å². The van der Waals surface area contributed by atoms with Crippen molar-refractivity contribution in [3.05, 3.63) is 34.9 Å². The van der Waals surface area contributed by atoms with Crippen LogP contribution in [-0.4, -0.2) is 36.5 Å². The largest absolute Gasteiger partial charge is 0.350 e. The Morgan fingerprint density at radius 3 is 2.68 bits per heavy atom. The Labute approximate surface area is 119 Å². The molecule has 0 aromatic heterocycles. The van der Waals surface area contributed by atoms with Crippen LogP contribution < -0.4 is 5.32 Å². The monoisotopic (exact) mass is 280 g/mol. The molecular formula is C15H21ClN2O. The number of amides is 1. The average Bonchev–Trinajstić information content (AvgIpc) is 2.94. The Balaban J connectivity index is 1.90. The molecule has 0 spiro atoms. The second kappa shape index (κ2) is 6.92. The van der Waals surface area contributed by atoms with E-state index in [1.807, 2.05) is 12.1 Å². The third-order valence-electron chi connectivity index (χ3n) is 3.75. The van der Waals surface area contributed by atoms with Crippen LogP contribution in [0.2, 0.25) is 5.02 Å². The van der Waals surface area contributed by atoms with Crippen LogP contribution in [0.5, 0.6) is 0 Å².